The summed E-state index contributed by atoms with van der Waals surface area (Å²) in [5.74, 6) is 0.292. The topological polar surface area (TPSA) is 72.7 Å². The van der Waals surface area contributed by atoms with Gasteiger partial charge in [-0.1, -0.05) is 93.7 Å². The fourth-order valence-corrected chi connectivity index (χ4v) is 3.44. The van der Waals surface area contributed by atoms with Gasteiger partial charge >= 0.3 is 0 Å². The Kier molecular flexibility index (Phi) is 15.8. The van der Waals surface area contributed by atoms with Crippen LogP contribution in [0.5, 0.6) is 0 Å². The van der Waals surface area contributed by atoms with E-state index in [2.05, 4.69) is 108 Å². The highest BCUT2D eigenvalue weighted by atomic mass is 16.1. The molecular weight excluding hydrogens is 470 g/mol. The first-order valence-corrected chi connectivity index (χ1v) is 13.6. The number of nitrogens with zero attached hydrogens (tertiary/aromatic N) is 4. The van der Waals surface area contributed by atoms with Crippen LogP contribution >= 0.6 is 0 Å². The van der Waals surface area contributed by atoms with Gasteiger partial charge in [-0.25, -0.2) is 9.97 Å². The molecule has 2 heterocycles. The summed E-state index contributed by atoms with van der Waals surface area (Å²) in [7, 11) is 0. The lowest BCUT2D eigenvalue weighted by molar-refractivity contribution is -0.116. The highest BCUT2D eigenvalue weighted by molar-refractivity contribution is 5.89. The minimum absolute atomic E-state index is 0.0995. The number of aromatic nitrogens is 4. The van der Waals surface area contributed by atoms with Gasteiger partial charge in [0, 0.05) is 13.0 Å². The van der Waals surface area contributed by atoms with Crippen LogP contribution in [0.2, 0.25) is 0 Å². The van der Waals surface area contributed by atoms with Crippen molar-refractivity contribution < 1.29 is 4.79 Å². The first-order valence-electron chi connectivity index (χ1n) is 13.6. The van der Waals surface area contributed by atoms with Crippen LogP contribution in [0, 0.1) is 19.8 Å². The lowest BCUT2D eigenvalue weighted by Crippen LogP contribution is -2.13. The Hall–Kier alpha value is -3.54. The van der Waals surface area contributed by atoms with Crippen LogP contribution in [-0.4, -0.2) is 25.4 Å². The number of amides is 1. The average molecular weight is 514 g/mol. The van der Waals surface area contributed by atoms with Crippen molar-refractivity contribution in [1.29, 1.82) is 0 Å². The Labute approximate surface area is 229 Å². The van der Waals surface area contributed by atoms with E-state index < -0.39 is 0 Å². The van der Waals surface area contributed by atoms with Gasteiger partial charge in [0.2, 0.25) is 11.9 Å². The smallest absolute Gasteiger partial charge is 0.231 e. The van der Waals surface area contributed by atoms with Crippen LogP contribution in [-0.2, 0) is 11.3 Å². The van der Waals surface area contributed by atoms with Crippen LogP contribution in [0.4, 0.5) is 5.95 Å². The van der Waals surface area contributed by atoms with Crippen LogP contribution in [0.3, 0.4) is 0 Å². The molecule has 0 aliphatic carbocycles. The van der Waals surface area contributed by atoms with E-state index in [0.717, 1.165) is 51.5 Å². The molecule has 0 unspecified atom stereocenters. The van der Waals surface area contributed by atoms with Crippen molar-refractivity contribution in [3.8, 4) is 0 Å². The van der Waals surface area contributed by atoms with Gasteiger partial charge in [0.05, 0.1) is 12.5 Å². The first kappa shape index (κ1) is 30.7. The number of imidazole rings is 1. The number of nitrogens with one attached hydrogen (secondary N) is 1. The van der Waals surface area contributed by atoms with E-state index in [1.165, 1.54) is 0 Å². The maximum atomic E-state index is 12.3. The number of carbonyl (C=O) groups is 1. The van der Waals surface area contributed by atoms with Crippen LogP contribution in [0.25, 0.3) is 11.2 Å². The molecule has 0 saturated heterocycles. The fraction of sp³-hybridized carbons (Fsp3) is 0.375. The Morgan fingerprint density at radius 3 is 1.97 bits per heavy atom. The zero-order valence-corrected chi connectivity index (χ0v) is 22.8. The molecule has 6 nitrogen and oxygen atoms in total. The SMILES string of the molecule is [CH2]C([CH2])CCn1cnc2cnc(NC(=O)CC/C=C\C/C=C\C/C=C\C/C=C\C/C=C\C/C=C\CC)nc21. The monoisotopic (exact) mass is 513 g/mol. The third-order valence-electron chi connectivity index (χ3n) is 5.52. The number of anilines is 1. The minimum Gasteiger partial charge on any atom is -0.315 e. The Bertz CT molecular complexity index is 1120. The lowest BCUT2D eigenvalue weighted by Gasteiger charge is -2.07. The highest BCUT2D eigenvalue weighted by Gasteiger charge is 2.09. The molecule has 202 valence electrons. The van der Waals surface area contributed by atoms with Gasteiger partial charge in [0.1, 0.15) is 5.52 Å². The third-order valence-corrected chi connectivity index (χ3v) is 5.52. The van der Waals surface area contributed by atoms with E-state index in [0.29, 0.717) is 30.0 Å². The normalized spacial score (nSPS) is 12.8. The zero-order chi connectivity index (χ0) is 27.3. The maximum absolute atomic E-state index is 12.3. The molecule has 2 aromatic rings. The Balaban J connectivity index is 1.56. The predicted molar refractivity (Wildman–Crippen MR) is 160 cm³/mol. The molecule has 0 aliphatic rings. The highest BCUT2D eigenvalue weighted by Crippen LogP contribution is 2.13. The molecule has 0 atom stereocenters. The molecule has 6 heteroatoms. The number of allylic oxidation sites excluding steroid dienone is 12. The summed E-state index contributed by atoms with van der Waals surface area (Å²) >= 11 is 0. The Morgan fingerprint density at radius 1 is 0.868 bits per heavy atom. The largest absolute Gasteiger partial charge is 0.315 e. The molecule has 0 bridgehead atoms. The zero-order valence-electron chi connectivity index (χ0n) is 22.8. The lowest BCUT2D eigenvalue weighted by atomic mass is 10.1. The molecule has 0 saturated carbocycles. The van der Waals surface area contributed by atoms with Crippen molar-refractivity contribution in [2.24, 2.45) is 5.92 Å². The van der Waals surface area contributed by atoms with Crippen molar-refractivity contribution in [3.63, 3.8) is 0 Å². The summed E-state index contributed by atoms with van der Waals surface area (Å²) in [6, 6.07) is 0. The Morgan fingerprint density at radius 2 is 1.42 bits per heavy atom. The number of rotatable bonds is 18. The molecule has 38 heavy (non-hydrogen) atoms. The van der Waals surface area contributed by atoms with Gasteiger partial charge in [0.15, 0.2) is 5.65 Å². The van der Waals surface area contributed by atoms with E-state index in [9.17, 15) is 4.79 Å². The molecule has 2 rings (SSSR count). The van der Waals surface area contributed by atoms with Crippen molar-refractivity contribution >= 4 is 23.0 Å². The van der Waals surface area contributed by atoms with Crippen LogP contribution < -0.4 is 5.32 Å². The molecule has 1 amide bonds. The van der Waals surface area contributed by atoms with Gasteiger partial charge < -0.3 is 4.57 Å². The first-order chi connectivity index (χ1) is 18.6. The van der Waals surface area contributed by atoms with Crippen molar-refractivity contribution in [2.75, 3.05) is 5.32 Å². The summed E-state index contributed by atoms with van der Waals surface area (Å²) < 4.78 is 1.94. The summed E-state index contributed by atoms with van der Waals surface area (Å²) in [5, 5.41) is 2.78. The predicted octanol–water partition coefficient (Wildman–Crippen LogP) is 7.92. The van der Waals surface area contributed by atoms with Crippen LogP contribution in [0.15, 0.2) is 85.4 Å². The van der Waals surface area contributed by atoms with Crippen molar-refractivity contribution in [3.05, 3.63) is 99.3 Å². The second-order valence-electron chi connectivity index (χ2n) is 9.00. The van der Waals surface area contributed by atoms with Gasteiger partial charge in [0.25, 0.3) is 0 Å². The number of hydrogen-bond acceptors (Lipinski definition) is 4. The number of hydrogen-bond donors (Lipinski definition) is 1. The van der Waals surface area contributed by atoms with Gasteiger partial charge in [-0.15, -0.1) is 0 Å². The molecule has 0 fully saturated rings. The van der Waals surface area contributed by atoms with E-state index >= 15 is 0 Å². The summed E-state index contributed by atoms with van der Waals surface area (Å²) in [6.45, 7) is 10.7. The summed E-state index contributed by atoms with van der Waals surface area (Å²) in [5.41, 5.74) is 1.40. The number of carbonyl (C=O) groups excluding carboxylic acids is 1. The maximum Gasteiger partial charge on any atom is 0.231 e. The second kappa shape index (κ2) is 19.6. The number of fused-ring (bicyclic) bond motifs is 1. The van der Waals surface area contributed by atoms with E-state index in [4.69, 9.17) is 0 Å². The van der Waals surface area contributed by atoms with Gasteiger partial charge in [-0.3, -0.25) is 10.1 Å². The molecule has 2 radical (unpaired) electrons. The molecule has 0 aliphatic heterocycles. The molecule has 0 spiro atoms. The summed E-state index contributed by atoms with van der Waals surface area (Å²) in [6.07, 6.45) is 37.1. The van der Waals surface area contributed by atoms with Crippen molar-refractivity contribution in [2.45, 2.75) is 71.3 Å². The van der Waals surface area contributed by atoms with E-state index in [-0.39, 0.29) is 11.8 Å². The van der Waals surface area contributed by atoms with E-state index in [1.54, 1.807) is 12.5 Å². The fourth-order valence-electron chi connectivity index (χ4n) is 3.44. The van der Waals surface area contributed by atoms with E-state index in [1.807, 2.05) is 10.6 Å². The van der Waals surface area contributed by atoms with Gasteiger partial charge in [-0.05, 0) is 57.3 Å². The molecule has 1 N–H and O–H groups in total. The minimum atomic E-state index is -0.106. The van der Waals surface area contributed by atoms with Crippen molar-refractivity contribution in [1.82, 2.24) is 19.5 Å². The molecular formula is C32H43N5O. The van der Waals surface area contributed by atoms with Gasteiger partial charge in [-0.2, -0.15) is 4.98 Å². The second-order valence-corrected chi connectivity index (χ2v) is 9.00. The molecule has 0 aromatic carbocycles. The van der Waals surface area contributed by atoms with Crippen LogP contribution in [0.1, 0.15) is 64.7 Å². The quantitative estimate of drug-likeness (QED) is 0.206. The molecule has 2 aromatic heterocycles. The average Bonchev–Trinajstić information content (AvgIpc) is 3.31. The third kappa shape index (κ3) is 13.7. The summed E-state index contributed by atoms with van der Waals surface area (Å²) in [4.78, 5) is 25.2. The number of aryl methyl sites for hydroxylation is 1. The standard InChI is InChI=1S/C32H43N5O/c1-4-5-6-7-8-9-10-11-12-13-14-15-16-17-18-19-20-21-22-23-30(38)35-32-33-26-29-31(36-32)37(27-34-29)25-24-28(2)3/h5-6,8-9,11-12,14-15,17-18,20-21,26-28H,2-4,7,10,13,16,19,22-25H2,1H3,(H,33,35,36,38)/b6-5-,9-8-,12-11-,15-14-,18-17-,21-20-.